The van der Waals surface area contributed by atoms with Crippen LogP contribution in [0.4, 0.5) is 4.79 Å². The molecule has 0 spiro atoms. The van der Waals surface area contributed by atoms with Crippen LogP contribution in [0.5, 0.6) is 0 Å². The predicted molar refractivity (Wildman–Crippen MR) is 39.4 cm³/mol. The molecule has 0 aliphatic carbocycles. The molecule has 0 aromatic heterocycles. The number of aliphatic hydroxyl groups is 1. The van der Waals surface area contributed by atoms with Gasteiger partial charge < -0.3 is 15.1 Å². The van der Waals surface area contributed by atoms with Gasteiger partial charge in [0, 0.05) is 18.5 Å². The zero-order valence-electron chi connectivity index (χ0n) is 6.58. The summed E-state index contributed by atoms with van der Waals surface area (Å²) in [5.41, 5.74) is -0.140. The van der Waals surface area contributed by atoms with Crippen LogP contribution in [0.15, 0.2) is 0 Å². The maximum absolute atomic E-state index is 10.3. The van der Waals surface area contributed by atoms with E-state index >= 15 is 0 Å². The Labute approximate surface area is 65.4 Å². The summed E-state index contributed by atoms with van der Waals surface area (Å²) in [6.45, 7) is 3.02. The van der Waals surface area contributed by atoms with E-state index in [0.29, 0.717) is 13.1 Å². The van der Waals surface area contributed by atoms with Gasteiger partial charge in [0.25, 0.3) is 0 Å². The van der Waals surface area contributed by atoms with Gasteiger partial charge in [-0.05, 0) is 6.42 Å². The Balaban J connectivity index is 2.41. The van der Waals surface area contributed by atoms with Crippen molar-refractivity contribution in [2.24, 2.45) is 5.41 Å². The fourth-order valence-electron chi connectivity index (χ4n) is 1.33. The number of rotatable bonds is 2. The molecule has 0 atom stereocenters. The summed E-state index contributed by atoms with van der Waals surface area (Å²) in [7, 11) is 0. The van der Waals surface area contributed by atoms with E-state index in [4.69, 9.17) is 10.2 Å². The molecule has 1 fully saturated rings. The molecule has 0 radical (unpaired) electrons. The molecule has 1 saturated heterocycles. The normalized spacial score (nSPS) is 21.1. The number of hydrogen-bond acceptors (Lipinski definition) is 2. The quantitative estimate of drug-likeness (QED) is 0.612. The molecule has 1 amide bonds. The van der Waals surface area contributed by atoms with Gasteiger partial charge in [-0.25, -0.2) is 4.79 Å². The van der Waals surface area contributed by atoms with Crippen LogP contribution in [0.2, 0.25) is 0 Å². The third-order valence-electron chi connectivity index (χ3n) is 2.41. The van der Waals surface area contributed by atoms with Gasteiger partial charge in [0.2, 0.25) is 0 Å². The van der Waals surface area contributed by atoms with Gasteiger partial charge in [0.15, 0.2) is 0 Å². The Morgan fingerprint density at radius 2 is 2.18 bits per heavy atom. The van der Waals surface area contributed by atoms with E-state index in [0.717, 1.165) is 6.42 Å². The number of likely N-dealkylation sites (tertiary alicyclic amines) is 1. The highest BCUT2D eigenvalue weighted by Crippen LogP contribution is 2.32. The summed E-state index contributed by atoms with van der Waals surface area (Å²) >= 11 is 0. The van der Waals surface area contributed by atoms with E-state index in [-0.39, 0.29) is 12.0 Å². The van der Waals surface area contributed by atoms with Crippen LogP contribution in [-0.2, 0) is 0 Å². The minimum Gasteiger partial charge on any atom is -0.465 e. The Bertz CT molecular complexity index is 157. The van der Waals surface area contributed by atoms with E-state index in [1.807, 2.05) is 6.92 Å². The zero-order valence-corrected chi connectivity index (χ0v) is 6.58. The van der Waals surface area contributed by atoms with Crippen molar-refractivity contribution in [1.29, 1.82) is 0 Å². The van der Waals surface area contributed by atoms with Gasteiger partial charge >= 0.3 is 6.09 Å². The molecule has 4 heteroatoms. The van der Waals surface area contributed by atoms with Gasteiger partial charge in [-0.2, -0.15) is 0 Å². The molecule has 2 N–H and O–H groups in total. The lowest BCUT2D eigenvalue weighted by molar-refractivity contribution is -0.0306. The second-order valence-electron chi connectivity index (χ2n) is 3.15. The number of nitrogens with zero attached hydrogens (tertiary/aromatic N) is 1. The van der Waals surface area contributed by atoms with Crippen molar-refractivity contribution in [2.45, 2.75) is 13.3 Å². The van der Waals surface area contributed by atoms with E-state index in [9.17, 15) is 4.79 Å². The minimum atomic E-state index is -0.887. The van der Waals surface area contributed by atoms with Crippen LogP contribution in [-0.4, -0.2) is 40.9 Å². The summed E-state index contributed by atoms with van der Waals surface area (Å²) in [6.07, 6.45) is -0.0460. The van der Waals surface area contributed by atoms with E-state index < -0.39 is 6.09 Å². The van der Waals surface area contributed by atoms with Crippen LogP contribution in [0.25, 0.3) is 0 Å². The fourth-order valence-corrected chi connectivity index (χ4v) is 1.33. The zero-order chi connectivity index (χ0) is 8.48. The molecule has 1 aliphatic heterocycles. The molecule has 64 valence electrons. The molecule has 0 unspecified atom stereocenters. The molecule has 1 rings (SSSR count). The molecule has 1 aliphatic rings. The largest absolute Gasteiger partial charge is 0.465 e. The lowest BCUT2D eigenvalue weighted by Gasteiger charge is -2.47. The Hall–Kier alpha value is -0.770. The van der Waals surface area contributed by atoms with Gasteiger partial charge in [0.05, 0.1) is 6.61 Å². The van der Waals surface area contributed by atoms with Crippen LogP contribution >= 0.6 is 0 Å². The van der Waals surface area contributed by atoms with Crippen molar-refractivity contribution in [3.05, 3.63) is 0 Å². The third kappa shape index (κ3) is 1.30. The maximum Gasteiger partial charge on any atom is 0.407 e. The molecule has 0 bridgehead atoms. The van der Waals surface area contributed by atoms with Crippen molar-refractivity contribution in [3.8, 4) is 0 Å². The average molecular weight is 159 g/mol. The number of carbonyl (C=O) groups is 1. The molecule has 0 saturated carbocycles. The highest BCUT2D eigenvalue weighted by atomic mass is 16.4. The van der Waals surface area contributed by atoms with Crippen LogP contribution in [0.3, 0.4) is 0 Å². The Morgan fingerprint density at radius 1 is 1.64 bits per heavy atom. The molecule has 4 nitrogen and oxygen atoms in total. The van der Waals surface area contributed by atoms with Crippen LogP contribution in [0.1, 0.15) is 13.3 Å². The molecular weight excluding hydrogens is 146 g/mol. The lowest BCUT2D eigenvalue weighted by atomic mass is 9.78. The summed E-state index contributed by atoms with van der Waals surface area (Å²) < 4.78 is 0. The Morgan fingerprint density at radius 3 is 2.45 bits per heavy atom. The monoisotopic (exact) mass is 159 g/mol. The highest BCUT2D eigenvalue weighted by molar-refractivity contribution is 5.66. The standard InChI is InChI=1S/C7H13NO3/c1-2-7(5-9)3-8(4-7)6(10)11/h9H,2-5H2,1H3,(H,10,11). The topological polar surface area (TPSA) is 60.8 Å². The van der Waals surface area contributed by atoms with Crippen molar-refractivity contribution in [2.75, 3.05) is 19.7 Å². The van der Waals surface area contributed by atoms with Gasteiger partial charge in [0.1, 0.15) is 0 Å². The summed E-state index contributed by atoms with van der Waals surface area (Å²) in [5.74, 6) is 0. The number of amides is 1. The molecule has 11 heavy (non-hydrogen) atoms. The van der Waals surface area contributed by atoms with Crippen molar-refractivity contribution >= 4 is 6.09 Å². The summed E-state index contributed by atoms with van der Waals surface area (Å²) in [4.78, 5) is 11.7. The average Bonchev–Trinajstić information content (AvgIpc) is 1.87. The number of aliphatic hydroxyl groups excluding tert-OH is 1. The third-order valence-corrected chi connectivity index (χ3v) is 2.41. The van der Waals surface area contributed by atoms with Crippen LogP contribution < -0.4 is 0 Å². The summed E-state index contributed by atoms with van der Waals surface area (Å²) in [5, 5.41) is 17.4. The molecule has 1 heterocycles. The highest BCUT2D eigenvalue weighted by Gasteiger charge is 2.43. The first kappa shape index (κ1) is 8.33. The lowest BCUT2D eigenvalue weighted by Crippen LogP contribution is -2.59. The van der Waals surface area contributed by atoms with Crippen LogP contribution in [0, 0.1) is 5.41 Å². The first-order valence-electron chi connectivity index (χ1n) is 3.72. The number of hydrogen-bond donors (Lipinski definition) is 2. The van der Waals surface area contributed by atoms with Crippen molar-refractivity contribution in [3.63, 3.8) is 0 Å². The van der Waals surface area contributed by atoms with E-state index in [2.05, 4.69) is 0 Å². The smallest absolute Gasteiger partial charge is 0.407 e. The predicted octanol–water partition coefficient (Wildman–Crippen LogP) is 0.369. The Kier molecular flexibility index (Phi) is 2.04. The molecule has 0 aromatic carbocycles. The summed E-state index contributed by atoms with van der Waals surface area (Å²) in [6, 6.07) is 0. The molecular formula is C7H13NO3. The fraction of sp³-hybridized carbons (Fsp3) is 0.857. The van der Waals surface area contributed by atoms with Crippen molar-refractivity contribution in [1.82, 2.24) is 4.90 Å². The SMILES string of the molecule is CCC1(CO)CN(C(=O)O)C1. The minimum absolute atomic E-state index is 0.0906. The van der Waals surface area contributed by atoms with Crippen molar-refractivity contribution < 1.29 is 15.0 Å². The second-order valence-corrected chi connectivity index (χ2v) is 3.15. The number of carboxylic acid groups (broad SMARTS) is 1. The first-order chi connectivity index (χ1) is 5.13. The second kappa shape index (κ2) is 2.70. The van der Waals surface area contributed by atoms with E-state index in [1.54, 1.807) is 0 Å². The van der Waals surface area contributed by atoms with Gasteiger partial charge in [-0.3, -0.25) is 0 Å². The van der Waals surface area contributed by atoms with E-state index in [1.165, 1.54) is 4.90 Å². The van der Waals surface area contributed by atoms with Gasteiger partial charge in [-0.1, -0.05) is 6.92 Å². The van der Waals surface area contributed by atoms with Gasteiger partial charge in [-0.15, -0.1) is 0 Å². The first-order valence-corrected chi connectivity index (χ1v) is 3.72. The molecule has 0 aromatic rings. The maximum atomic E-state index is 10.3.